The van der Waals surface area contributed by atoms with E-state index in [1.54, 1.807) is 0 Å². The van der Waals surface area contributed by atoms with Crippen LogP contribution in [0.1, 0.15) is 26.2 Å². The van der Waals surface area contributed by atoms with Crippen molar-refractivity contribution >= 4 is 11.6 Å². The minimum Gasteiger partial charge on any atom is -0.320 e. The normalized spacial score (nSPS) is 10.4. The highest BCUT2D eigenvalue weighted by atomic mass is 19.1. The van der Waals surface area contributed by atoms with Crippen LogP contribution in [0, 0.1) is 11.6 Å². The Balaban J connectivity index is 2.36. The van der Waals surface area contributed by atoms with Crippen LogP contribution in [0.2, 0.25) is 0 Å². The number of halogens is 2. The van der Waals surface area contributed by atoms with Gasteiger partial charge in [0.25, 0.3) is 0 Å². The topological polar surface area (TPSA) is 41.1 Å². The zero-order valence-corrected chi connectivity index (χ0v) is 10.4. The van der Waals surface area contributed by atoms with Crippen LogP contribution in [0.25, 0.3) is 0 Å². The van der Waals surface area contributed by atoms with E-state index in [2.05, 4.69) is 17.6 Å². The molecule has 2 N–H and O–H groups in total. The van der Waals surface area contributed by atoms with E-state index in [9.17, 15) is 13.6 Å². The maximum absolute atomic E-state index is 13.2. The smallest absolute Gasteiger partial charge is 0.238 e. The van der Waals surface area contributed by atoms with E-state index >= 15 is 0 Å². The van der Waals surface area contributed by atoms with Crippen LogP contribution in [-0.2, 0) is 4.79 Å². The summed E-state index contributed by atoms with van der Waals surface area (Å²) in [6.07, 6.45) is 3.18. The number of para-hydroxylation sites is 1. The summed E-state index contributed by atoms with van der Waals surface area (Å²) in [7, 11) is 0. The molecule has 18 heavy (non-hydrogen) atoms. The SMILES string of the molecule is CCCCCNCC(=O)Nc1c(F)cccc1F. The quantitative estimate of drug-likeness (QED) is 0.736. The Bertz CT molecular complexity index is 376. The first kappa shape index (κ1) is 14.6. The molecule has 1 rings (SSSR count). The molecule has 0 heterocycles. The second-order valence-electron chi connectivity index (χ2n) is 4.03. The van der Waals surface area contributed by atoms with Gasteiger partial charge in [-0.3, -0.25) is 4.79 Å². The third-order valence-electron chi connectivity index (χ3n) is 2.47. The van der Waals surface area contributed by atoms with Crippen molar-refractivity contribution in [2.45, 2.75) is 26.2 Å². The molecule has 0 aliphatic rings. The number of carbonyl (C=O) groups is 1. The summed E-state index contributed by atoms with van der Waals surface area (Å²) in [5.41, 5.74) is -0.391. The van der Waals surface area contributed by atoms with Crippen LogP contribution in [0.15, 0.2) is 18.2 Å². The minimum atomic E-state index is -0.769. The Kier molecular flexibility index (Phi) is 6.28. The lowest BCUT2D eigenvalue weighted by Gasteiger charge is -2.08. The van der Waals surface area contributed by atoms with Gasteiger partial charge in [-0.1, -0.05) is 25.8 Å². The number of rotatable bonds is 7. The van der Waals surface area contributed by atoms with Crippen molar-refractivity contribution in [3.8, 4) is 0 Å². The number of unbranched alkanes of at least 4 members (excludes halogenated alkanes) is 2. The lowest BCUT2D eigenvalue weighted by molar-refractivity contribution is -0.115. The second-order valence-corrected chi connectivity index (χ2v) is 4.03. The largest absolute Gasteiger partial charge is 0.320 e. The molecule has 0 unspecified atom stereocenters. The summed E-state index contributed by atoms with van der Waals surface area (Å²) in [4.78, 5) is 11.4. The molecule has 3 nitrogen and oxygen atoms in total. The van der Waals surface area contributed by atoms with Gasteiger partial charge in [0.05, 0.1) is 6.54 Å². The lowest BCUT2D eigenvalue weighted by atomic mass is 10.2. The first-order valence-corrected chi connectivity index (χ1v) is 6.09. The third kappa shape index (κ3) is 4.79. The van der Waals surface area contributed by atoms with E-state index in [0.717, 1.165) is 37.9 Å². The molecule has 0 aromatic heterocycles. The average Bonchev–Trinajstić information content (AvgIpc) is 2.34. The Hall–Kier alpha value is -1.49. The van der Waals surface area contributed by atoms with Gasteiger partial charge in [0.15, 0.2) is 0 Å². The summed E-state index contributed by atoms with van der Waals surface area (Å²) in [6, 6.07) is 3.46. The van der Waals surface area contributed by atoms with Gasteiger partial charge in [0.2, 0.25) is 5.91 Å². The molecule has 0 fully saturated rings. The van der Waals surface area contributed by atoms with Crippen LogP contribution in [0.4, 0.5) is 14.5 Å². The van der Waals surface area contributed by atoms with E-state index in [1.165, 1.54) is 6.07 Å². The lowest BCUT2D eigenvalue weighted by Crippen LogP contribution is -2.29. The number of carbonyl (C=O) groups excluding carboxylic acids is 1. The minimum absolute atomic E-state index is 0.0531. The van der Waals surface area contributed by atoms with Crippen LogP contribution in [0.5, 0.6) is 0 Å². The predicted octanol–water partition coefficient (Wildman–Crippen LogP) is 2.68. The number of hydrogen-bond donors (Lipinski definition) is 2. The molecule has 100 valence electrons. The average molecular weight is 256 g/mol. The van der Waals surface area contributed by atoms with Crippen molar-refractivity contribution < 1.29 is 13.6 Å². The summed E-state index contributed by atoms with van der Waals surface area (Å²) in [6.45, 7) is 2.87. The highest BCUT2D eigenvalue weighted by Gasteiger charge is 2.11. The fourth-order valence-electron chi connectivity index (χ4n) is 1.50. The molecular weight excluding hydrogens is 238 g/mol. The standard InChI is InChI=1S/C13H18F2N2O/c1-2-3-4-8-16-9-12(18)17-13-10(14)6-5-7-11(13)15/h5-7,16H,2-4,8-9H2,1H3,(H,17,18). The maximum Gasteiger partial charge on any atom is 0.238 e. The molecule has 0 aliphatic carbocycles. The summed E-state index contributed by atoms with van der Waals surface area (Å²) < 4.78 is 26.4. The van der Waals surface area contributed by atoms with Gasteiger partial charge in [-0.25, -0.2) is 8.78 Å². The third-order valence-corrected chi connectivity index (χ3v) is 2.47. The van der Waals surface area contributed by atoms with Gasteiger partial charge >= 0.3 is 0 Å². The van der Waals surface area contributed by atoms with Crippen molar-refractivity contribution in [3.63, 3.8) is 0 Å². The van der Waals surface area contributed by atoms with E-state index in [4.69, 9.17) is 0 Å². The van der Waals surface area contributed by atoms with E-state index in [0.29, 0.717) is 0 Å². The molecule has 0 aliphatic heterocycles. The predicted molar refractivity (Wildman–Crippen MR) is 67.4 cm³/mol. The van der Waals surface area contributed by atoms with Crippen molar-refractivity contribution in [1.29, 1.82) is 0 Å². The van der Waals surface area contributed by atoms with Gasteiger partial charge in [0, 0.05) is 0 Å². The first-order chi connectivity index (χ1) is 8.65. The van der Waals surface area contributed by atoms with Crippen molar-refractivity contribution in [3.05, 3.63) is 29.8 Å². The van der Waals surface area contributed by atoms with Gasteiger partial charge in [-0.2, -0.15) is 0 Å². The Morgan fingerprint density at radius 2 is 1.89 bits per heavy atom. The van der Waals surface area contributed by atoms with Gasteiger partial charge in [0.1, 0.15) is 17.3 Å². The van der Waals surface area contributed by atoms with Crippen LogP contribution < -0.4 is 10.6 Å². The molecule has 1 amide bonds. The van der Waals surface area contributed by atoms with E-state index in [1.807, 2.05) is 0 Å². The molecule has 0 atom stereocenters. The van der Waals surface area contributed by atoms with Crippen LogP contribution in [0.3, 0.4) is 0 Å². The van der Waals surface area contributed by atoms with Crippen molar-refractivity contribution in [2.75, 3.05) is 18.4 Å². The van der Waals surface area contributed by atoms with Gasteiger partial charge in [-0.15, -0.1) is 0 Å². The Morgan fingerprint density at radius 1 is 1.22 bits per heavy atom. The fraction of sp³-hybridized carbons (Fsp3) is 0.462. The van der Waals surface area contributed by atoms with Crippen molar-refractivity contribution in [1.82, 2.24) is 5.32 Å². The molecule has 0 spiro atoms. The molecule has 5 heteroatoms. The number of anilines is 1. The summed E-state index contributed by atoms with van der Waals surface area (Å²) >= 11 is 0. The number of benzene rings is 1. The van der Waals surface area contributed by atoms with Crippen LogP contribution in [-0.4, -0.2) is 19.0 Å². The van der Waals surface area contributed by atoms with Crippen molar-refractivity contribution in [2.24, 2.45) is 0 Å². The summed E-state index contributed by atoms with van der Waals surface area (Å²) in [5.74, 6) is -1.99. The molecular formula is C13H18F2N2O. The zero-order chi connectivity index (χ0) is 13.4. The van der Waals surface area contributed by atoms with Gasteiger partial charge < -0.3 is 10.6 Å². The molecule has 1 aromatic carbocycles. The second kappa shape index (κ2) is 7.76. The fourth-order valence-corrected chi connectivity index (χ4v) is 1.50. The first-order valence-electron chi connectivity index (χ1n) is 6.09. The Labute approximate surface area is 106 Å². The van der Waals surface area contributed by atoms with Crippen LogP contribution >= 0.6 is 0 Å². The number of amides is 1. The Morgan fingerprint density at radius 3 is 2.50 bits per heavy atom. The number of nitrogens with one attached hydrogen (secondary N) is 2. The molecule has 1 aromatic rings. The molecule has 0 saturated carbocycles. The summed E-state index contributed by atoms with van der Waals surface area (Å²) in [5, 5.41) is 5.14. The highest BCUT2D eigenvalue weighted by molar-refractivity contribution is 5.92. The van der Waals surface area contributed by atoms with Gasteiger partial charge in [-0.05, 0) is 25.1 Å². The van der Waals surface area contributed by atoms with E-state index in [-0.39, 0.29) is 6.54 Å². The number of hydrogen-bond acceptors (Lipinski definition) is 2. The zero-order valence-electron chi connectivity index (χ0n) is 10.4. The maximum atomic E-state index is 13.2. The molecule has 0 bridgehead atoms. The molecule has 0 saturated heterocycles. The van der Waals surface area contributed by atoms with E-state index < -0.39 is 23.2 Å². The molecule has 0 radical (unpaired) electrons. The highest BCUT2D eigenvalue weighted by Crippen LogP contribution is 2.17. The monoisotopic (exact) mass is 256 g/mol.